The van der Waals surface area contributed by atoms with Crippen LogP contribution in [0.5, 0.6) is 11.5 Å². The Bertz CT molecular complexity index is 886. The molecule has 1 aliphatic heterocycles. The van der Waals surface area contributed by atoms with Crippen LogP contribution in [-0.2, 0) is 6.42 Å². The zero-order valence-electron chi connectivity index (χ0n) is 15.0. The van der Waals surface area contributed by atoms with Gasteiger partial charge >= 0.3 is 0 Å². The van der Waals surface area contributed by atoms with Crippen LogP contribution < -0.4 is 20.1 Å². The summed E-state index contributed by atoms with van der Waals surface area (Å²) in [4.78, 5) is 8.58. The maximum atomic E-state index is 5.62. The number of aryl methyl sites for hydroxylation is 1. The van der Waals surface area contributed by atoms with E-state index >= 15 is 0 Å². The molecule has 0 saturated heterocycles. The molecule has 0 saturated carbocycles. The number of benzene rings is 2. The van der Waals surface area contributed by atoms with E-state index in [4.69, 9.17) is 9.47 Å². The smallest absolute Gasteiger partial charge is 0.163 e. The second kappa shape index (κ2) is 8.40. The highest BCUT2D eigenvalue weighted by molar-refractivity contribution is 5.63. The van der Waals surface area contributed by atoms with Crippen LogP contribution in [-0.4, -0.2) is 29.7 Å². The average Bonchev–Trinajstić information content (AvgIpc) is 2.72. The molecular weight excluding hydrogens is 340 g/mol. The minimum absolute atomic E-state index is 0.570. The molecule has 0 bridgehead atoms. The fourth-order valence-electron chi connectivity index (χ4n) is 2.94. The summed E-state index contributed by atoms with van der Waals surface area (Å²) < 4.78 is 11.2. The topological polar surface area (TPSA) is 68.3 Å². The molecule has 2 heterocycles. The van der Waals surface area contributed by atoms with E-state index < -0.39 is 0 Å². The van der Waals surface area contributed by atoms with Crippen LogP contribution in [0.2, 0.25) is 0 Å². The van der Waals surface area contributed by atoms with Gasteiger partial charge in [0, 0.05) is 24.4 Å². The van der Waals surface area contributed by atoms with Crippen molar-refractivity contribution in [1.29, 1.82) is 0 Å². The summed E-state index contributed by atoms with van der Waals surface area (Å²) in [7, 11) is 0. The number of rotatable bonds is 7. The molecule has 0 amide bonds. The Balaban J connectivity index is 1.32. The predicted molar refractivity (Wildman–Crippen MR) is 106 cm³/mol. The molecular formula is C21H22N4O2. The minimum atomic E-state index is 0.570. The van der Waals surface area contributed by atoms with E-state index in [1.54, 1.807) is 6.33 Å². The van der Waals surface area contributed by atoms with Crippen molar-refractivity contribution in [3.8, 4) is 11.5 Å². The zero-order chi connectivity index (χ0) is 18.3. The largest absolute Gasteiger partial charge is 0.486 e. The number of nitrogens with one attached hydrogen (secondary N) is 2. The lowest BCUT2D eigenvalue weighted by atomic mass is 10.1. The minimum Gasteiger partial charge on any atom is -0.486 e. The maximum Gasteiger partial charge on any atom is 0.163 e. The van der Waals surface area contributed by atoms with Gasteiger partial charge in [-0.25, -0.2) is 9.97 Å². The molecule has 0 fully saturated rings. The van der Waals surface area contributed by atoms with Gasteiger partial charge in [-0.3, -0.25) is 0 Å². The summed E-state index contributed by atoms with van der Waals surface area (Å²) in [6, 6.07) is 18.2. The highest BCUT2D eigenvalue weighted by atomic mass is 16.6. The molecule has 1 aromatic heterocycles. The zero-order valence-corrected chi connectivity index (χ0v) is 15.0. The Hall–Kier alpha value is -3.28. The summed E-state index contributed by atoms with van der Waals surface area (Å²) in [6.45, 7) is 2.02. The van der Waals surface area contributed by atoms with Crippen LogP contribution >= 0.6 is 0 Å². The molecule has 1 aliphatic rings. The summed E-state index contributed by atoms with van der Waals surface area (Å²) >= 11 is 0. The summed E-state index contributed by atoms with van der Waals surface area (Å²) in [5, 5.41) is 6.64. The third-order valence-electron chi connectivity index (χ3n) is 4.27. The monoisotopic (exact) mass is 362 g/mol. The van der Waals surface area contributed by atoms with Gasteiger partial charge in [0.25, 0.3) is 0 Å². The highest BCUT2D eigenvalue weighted by Crippen LogP contribution is 2.33. The van der Waals surface area contributed by atoms with Gasteiger partial charge < -0.3 is 20.1 Å². The molecule has 0 aliphatic carbocycles. The van der Waals surface area contributed by atoms with Gasteiger partial charge in [0.1, 0.15) is 31.2 Å². The van der Waals surface area contributed by atoms with Crippen molar-refractivity contribution in [2.75, 3.05) is 30.4 Å². The SMILES string of the molecule is c1ccc(CCCNc2cc(Nc3ccc4c(c3)OCCO4)ncn2)cc1. The second-order valence-corrected chi connectivity index (χ2v) is 6.29. The fourth-order valence-corrected chi connectivity index (χ4v) is 2.94. The van der Waals surface area contributed by atoms with Crippen molar-refractivity contribution in [3.05, 3.63) is 66.5 Å². The third kappa shape index (κ3) is 4.67. The van der Waals surface area contributed by atoms with Crippen molar-refractivity contribution < 1.29 is 9.47 Å². The summed E-state index contributed by atoms with van der Waals surface area (Å²) in [5.41, 5.74) is 2.25. The lowest BCUT2D eigenvalue weighted by molar-refractivity contribution is 0.171. The van der Waals surface area contributed by atoms with E-state index in [0.717, 1.165) is 48.2 Å². The number of fused-ring (bicyclic) bond motifs is 1. The number of aromatic nitrogens is 2. The van der Waals surface area contributed by atoms with Crippen molar-refractivity contribution in [3.63, 3.8) is 0 Å². The van der Waals surface area contributed by atoms with E-state index in [9.17, 15) is 0 Å². The first-order valence-corrected chi connectivity index (χ1v) is 9.13. The van der Waals surface area contributed by atoms with Crippen molar-refractivity contribution in [2.45, 2.75) is 12.8 Å². The molecule has 27 heavy (non-hydrogen) atoms. The number of hydrogen-bond acceptors (Lipinski definition) is 6. The van der Waals surface area contributed by atoms with Gasteiger partial charge in [0.15, 0.2) is 11.5 Å². The Labute approximate surface area is 158 Å². The molecule has 2 N–H and O–H groups in total. The first-order valence-electron chi connectivity index (χ1n) is 9.13. The van der Waals surface area contributed by atoms with Gasteiger partial charge in [0.2, 0.25) is 0 Å². The second-order valence-electron chi connectivity index (χ2n) is 6.29. The Morgan fingerprint density at radius 1 is 0.852 bits per heavy atom. The van der Waals surface area contributed by atoms with E-state index in [2.05, 4.69) is 44.9 Å². The molecule has 3 aromatic rings. The van der Waals surface area contributed by atoms with E-state index in [1.165, 1.54) is 5.56 Å². The van der Waals surface area contributed by atoms with Gasteiger partial charge in [-0.05, 0) is 30.5 Å². The van der Waals surface area contributed by atoms with Crippen LogP contribution in [0.15, 0.2) is 60.9 Å². The van der Waals surface area contributed by atoms with Crippen LogP contribution in [0.1, 0.15) is 12.0 Å². The number of nitrogens with zero attached hydrogens (tertiary/aromatic N) is 2. The highest BCUT2D eigenvalue weighted by Gasteiger charge is 2.12. The lowest BCUT2D eigenvalue weighted by Crippen LogP contribution is -2.15. The van der Waals surface area contributed by atoms with E-state index in [-0.39, 0.29) is 0 Å². The van der Waals surface area contributed by atoms with Crippen molar-refractivity contribution >= 4 is 17.3 Å². The molecule has 6 heteroatoms. The average molecular weight is 362 g/mol. The van der Waals surface area contributed by atoms with E-state index in [1.807, 2.05) is 30.3 Å². The van der Waals surface area contributed by atoms with Crippen LogP contribution in [0.3, 0.4) is 0 Å². The summed E-state index contributed by atoms with van der Waals surface area (Å²) in [6.07, 6.45) is 3.64. The van der Waals surface area contributed by atoms with E-state index in [0.29, 0.717) is 13.2 Å². The van der Waals surface area contributed by atoms with Crippen LogP contribution in [0.4, 0.5) is 17.3 Å². The molecule has 2 aromatic carbocycles. The van der Waals surface area contributed by atoms with Gasteiger partial charge in [-0.1, -0.05) is 30.3 Å². The van der Waals surface area contributed by atoms with Crippen molar-refractivity contribution in [2.24, 2.45) is 0 Å². The quantitative estimate of drug-likeness (QED) is 0.619. The first kappa shape index (κ1) is 17.1. The van der Waals surface area contributed by atoms with Gasteiger partial charge in [-0.15, -0.1) is 0 Å². The molecule has 0 unspecified atom stereocenters. The van der Waals surface area contributed by atoms with Crippen LogP contribution in [0.25, 0.3) is 0 Å². The molecule has 0 spiro atoms. The first-order chi connectivity index (χ1) is 13.4. The third-order valence-corrected chi connectivity index (χ3v) is 4.27. The number of anilines is 3. The fraction of sp³-hybridized carbons (Fsp3) is 0.238. The van der Waals surface area contributed by atoms with Gasteiger partial charge in [-0.2, -0.15) is 0 Å². The molecule has 4 rings (SSSR count). The Morgan fingerprint density at radius 3 is 2.56 bits per heavy atom. The molecule has 0 atom stereocenters. The number of ether oxygens (including phenoxy) is 2. The van der Waals surface area contributed by atoms with Gasteiger partial charge in [0.05, 0.1) is 0 Å². The standard InChI is InChI=1S/C21H22N4O2/c1-2-5-16(6-3-1)7-4-10-22-20-14-21(24-15-23-20)25-17-8-9-18-19(13-17)27-12-11-26-18/h1-3,5-6,8-9,13-15H,4,7,10-12H2,(H2,22,23,24,25). The molecule has 0 radical (unpaired) electrons. The predicted octanol–water partition coefficient (Wildman–Crippen LogP) is 4.04. The molecule has 6 nitrogen and oxygen atoms in total. The maximum absolute atomic E-state index is 5.62. The normalized spacial score (nSPS) is 12.4. The molecule has 138 valence electrons. The Morgan fingerprint density at radius 2 is 1.67 bits per heavy atom. The Kier molecular flexibility index (Phi) is 5.34. The lowest BCUT2D eigenvalue weighted by Gasteiger charge is -2.19. The summed E-state index contributed by atoms with van der Waals surface area (Å²) in [5.74, 6) is 3.06. The van der Waals surface area contributed by atoms with Crippen LogP contribution in [0, 0.1) is 0 Å². The number of hydrogen-bond donors (Lipinski definition) is 2. The van der Waals surface area contributed by atoms with Crippen molar-refractivity contribution in [1.82, 2.24) is 9.97 Å².